The van der Waals surface area contributed by atoms with Crippen molar-refractivity contribution in [3.05, 3.63) is 17.5 Å². The lowest BCUT2D eigenvalue weighted by molar-refractivity contribution is -0.136. The Morgan fingerprint density at radius 1 is 1.09 bits per heavy atom. The monoisotopic (exact) mass is 442 g/mol. The Morgan fingerprint density at radius 2 is 1.88 bits per heavy atom. The number of aliphatic hydroxyl groups is 1. The molecule has 4 bridgehead atoms. The topological polar surface area (TPSA) is 106 Å². The molecule has 4 saturated carbocycles. The molecule has 0 radical (unpaired) electrons. The van der Waals surface area contributed by atoms with Crippen molar-refractivity contribution in [2.45, 2.75) is 81.6 Å². The smallest absolute Gasteiger partial charge is 0.255 e. The highest BCUT2D eigenvalue weighted by molar-refractivity contribution is 5.95. The summed E-state index contributed by atoms with van der Waals surface area (Å²) in [6.07, 6.45) is 10.0. The van der Waals surface area contributed by atoms with Gasteiger partial charge in [0.15, 0.2) is 0 Å². The first kappa shape index (κ1) is 20.8. The van der Waals surface area contributed by atoms with Crippen molar-refractivity contribution < 1.29 is 19.4 Å². The Labute approximate surface area is 188 Å². The SMILES string of the molecule is O=C(N[C@H]1C2CC3CC1C[C@@](O)(C3)C2)c1cnc(NC2CCOCC2)nc1[C@H]1CCCO1. The van der Waals surface area contributed by atoms with Crippen molar-refractivity contribution in [3.8, 4) is 0 Å². The van der Waals surface area contributed by atoms with Gasteiger partial charge in [-0.1, -0.05) is 0 Å². The number of amides is 1. The summed E-state index contributed by atoms with van der Waals surface area (Å²) in [6.45, 7) is 2.19. The molecule has 1 aromatic rings. The van der Waals surface area contributed by atoms with Gasteiger partial charge in [-0.2, -0.15) is 0 Å². The van der Waals surface area contributed by atoms with Crippen LogP contribution in [0, 0.1) is 17.8 Å². The number of ether oxygens (including phenoxy) is 2. The van der Waals surface area contributed by atoms with Crippen molar-refractivity contribution in [1.82, 2.24) is 15.3 Å². The standard InChI is InChI=1S/C24H34N4O4/c29-22(27-20-15-8-14-9-16(20)12-24(30,10-14)11-15)18-13-25-23(26-17-3-6-31-7-4-17)28-21(18)19-2-1-5-32-19/h13-17,19-20,30H,1-12H2,(H,27,29)(H,25,26,28)/t14?,15?,16?,19-,20-,24+/m1/s1. The van der Waals surface area contributed by atoms with Crippen molar-refractivity contribution in [2.24, 2.45) is 17.8 Å². The van der Waals surface area contributed by atoms with Gasteiger partial charge >= 0.3 is 0 Å². The molecule has 6 fully saturated rings. The van der Waals surface area contributed by atoms with E-state index in [0.29, 0.717) is 47.6 Å². The van der Waals surface area contributed by atoms with Crippen LogP contribution >= 0.6 is 0 Å². The van der Waals surface area contributed by atoms with Crippen LogP contribution in [0.5, 0.6) is 0 Å². The fourth-order valence-corrected chi connectivity index (χ4v) is 7.15. The van der Waals surface area contributed by atoms with Crippen molar-refractivity contribution in [3.63, 3.8) is 0 Å². The third-order valence-electron chi connectivity index (χ3n) is 8.39. The molecule has 2 aliphatic heterocycles. The van der Waals surface area contributed by atoms with Gasteiger partial charge in [-0.05, 0) is 75.5 Å². The molecule has 2 saturated heterocycles. The van der Waals surface area contributed by atoms with Crippen LogP contribution in [0.1, 0.15) is 79.9 Å². The zero-order valence-corrected chi connectivity index (χ0v) is 18.6. The van der Waals surface area contributed by atoms with Crippen LogP contribution in [0.2, 0.25) is 0 Å². The summed E-state index contributed by atoms with van der Waals surface area (Å²) in [5.41, 5.74) is 0.732. The molecule has 3 heterocycles. The third-order valence-corrected chi connectivity index (χ3v) is 8.39. The molecule has 0 aromatic carbocycles. The quantitative estimate of drug-likeness (QED) is 0.644. The third kappa shape index (κ3) is 3.90. The molecule has 0 spiro atoms. The predicted octanol–water partition coefficient (Wildman–Crippen LogP) is 2.59. The van der Waals surface area contributed by atoms with Gasteiger partial charge in [0.2, 0.25) is 5.95 Å². The van der Waals surface area contributed by atoms with E-state index in [1.807, 2.05) is 0 Å². The van der Waals surface area contributed by atoms with Gasteiger partial charge in [0, 0.05) is 38.1 Å². The van der Waals surface area contributed by atoms with E-state index in [4.69, 9.17) is 14.5 Å². The van der Waals surface area contributed by atoms with E-state index in [2.05, 4.69) is 15.6 Å². The molecule has 3 N–H and O–H groups in total. The number of aromatic nitrogens is 2. The Hall–Kier alpha value is -1.77. The summed E-state index contributed by atoms with van der Waals surface area (Å²) >= 11 is 0. The lowest BCUT2D eigenvalue weighted by Crippen LogP contribution is -2.61. The average molecular weight is 443 g/mol. The summed E-state index contributed by atoms with van der Waals surface area (Å²) < 4.78 is 11.4. The first-order valence-electron chi connectivity index (χ1n) is 12.4. The fraction of sp³-hybridized carbons (Fsp3) is 0.792. The predicted molar refractivity (Wildman–Crippen MR) is 117 cm³/mol. The molecule has 8 heteroatoms. The van der Waals surface area contributed by atoms with Crippen LogP contribution in [0.15, 0.2) is 6.20 Å². The molecule has 174 valence electrons. The molecule has 2 unspecified atom stereocenters. The minimum atomic E-state index is -0.499. The van der Waals surface area contributed by atoms with Gasteiger partial charge in [-0.15, -0.1) is 0 Å². The van der Waals surface area contributed by atoms with E-state index in [-0.39, 0.29) is 18.1 Å². The van der Waals surface area contributed by atoms with Crippen LogP contribution in [-0.4, -0.2) is 58.5 Å². The largest absolute Gasteiger partial charge is 0.390 e. The van der Waals surface area contributed by atoms with E-state index < -0.39 is 5.60 Å². The van der Waals surface area contributed by atoms with Crippen LogP contribution in [0.25, 0.3) is 0 Å². The van der Waals surface area contributed by atoms with Gasteiger partial charge in [0.05, 0.1) is 16.9 Å². The number of nitrogens with zero attached hydrogens (tertiary/aromatic N) is 2. The first-order chi connectivity index (χ1) is 15.6. The van der Waals surface area contributed by atoms with E-state index in [0.717, 1.165) is 71.0 Å². The highest BCUT2D eigenvalue weighted by atomic mass is 16.5. The number of hydrogen-bond acceptors (Lipinski definition) is 7. The molecule has 1 aromatic heterocycles. The number of nitrogens with one attached hydrogen (secondary N) is 2. The van der Waals surface area contributed by atoms with Gasteiger partial charge in [0.1, 0.15) is 6.10 Å². The number of anilines is 1. The number of carbonyl (C=O) groups excluding carboxylic acids is 1. The molecule has 6 aliphatic rings. The molecular formula is C24H34N4O4. The second-order valence-corrected chi connectivity index (χ2v) is 10.7. The number of rotatable bonds is 5. The molecule has 3 atom stereocenters. The summed E-state index contributed by atoms with van der Waals surface area (Å²) in [6, 6.07) is 0.427. The van der Waals surface area contributed by atoms with Crippen LogP contribution in [0.4, 0.5) is 5.95 Å². The maximum atomic E-state index is 13.4. The molecule has 32 heavy (non-hydrogen) atoms. The highest BCUT2D eigenvalue weighted by Crippen LogP contribution is 2.55. The van der Waals surface area contributed by atoms with Gasteiger partial charge in [-0.25, -0.2) is 9.97 Å². The Balaban J connectivity index is 1.22. The minimum Gasteiger partial charge on any atom is -0.390 e. The summed E-state index contributed by atoms with van der Waals surface area (Å²) in [7, 11) is 0. The van der Waals surface area contributed by atoms with Crippen molar-refractivity contribution >= 4 is 11.9 Å². The average Bonchev–Trinajstić information content (AvgIpc) is 3.30. The minimum absolute atomic E-state index is 0.0995. The zero-order valence-electron chi connectivity index (χ0n) is 18.6. The van der Waals surface area contributed by atoms with Gasteiger partial charge in [-0.3, -0.25) is 4.79 Å². The Kier molecular flexibility index (Phi) is 5.35. The normalized spacial score (nSPS) is 38.7. The second-order valence-electron chi connectivity index (χ2n) is 10.7. The number of carbonyl (C=O) groups is 1. The summed E-state index contributed by atoms with van der Waals surface area (Å²) in [5, 5.41) is 17.6. The second kappa shape index (κ2) is 8.22. The molecule has 8 nitrogen and oxygen atoms in total. The summed E-state index contributed by atoms with van der Waals surface area (Å²) in [4.78, 5) is 22.7. The highest BCUT2D eigenvalue weighted by Gasteiger charge is 2.55. The summed E-state index contributed by atoms with van der Waals surface area (Å²) in [5.74, 6) is 1.83. The van der Waals surface area contributed by atoms with E-state index in [1.165, 1.54) is 0 Å². The van der Waals surface area contributed by atoms with Crippen molar-refractivity contribution in [1.29, 1.82) is 0 Å². The van der Waals surface area contributed by atoms with Crippen LogP contribution in [0.3, 0.4) is 0 Å². The fourth-order valence-electron chi connectivity index (χ4n) is 7.15. The van der Waals surface area contributed by atoms with Crippen molar-refractivity contribution in [2.75, 3.05) is 25.1 Å². The van der Waals surface area contributed by atoms with Gasteiger partial charge in [0.25, 0.3) is 5.91 Å². The molecule has 4 aliphatic carbocycles. The zero-order chi connectivity index (χ0) is 21.7. The molecule has 7 rings (SSSR count). The lowest BCUT2D eigenvalue weighted by Gasteiger charge is -2.58. The molecule has 1 amide bonds. The lowest BCUT2D eigenvalue weighted by atomic mass is 9.52. The molecular weight excluding hydrogens is 408 g/mol. The maximum absolute atomic E-state index is 13.4. The van der Waals surface area contributed by atoms with Crippen LogP contribution < -0.4 is 10.6 Å². The first-order valence-corrected chi connectivity index (χ1v) is 12.4. The van der Waals surface area contributed by atoms with Crippen LogP contribution in [-0.2, 0) is 9.47 Å². The van der Waals surface area contributed by atoms with E-state index in [9.17, 15) is 9.90 Å². The maximum Gasteiger partial charge on any atom is 0.255 e. The Morgan fingerprint density at radius 3 is 2.56 bits per heavy atom. The van der Waals surface area contributed by atoms with E-state index in [1.54, 1.807) is 6.20 Å². The Bertz CT molecular complexity index is 852. The van der Waals surface area contributed by atoms with E-state index >= 15 is 0 Å². The number of hydrogen-bond donors (Lipinski definition) is 3. The van der Waals surface area contributed by atoms with Gasteiger partial charge < -0.3 is 25.2 Å².